The van der Waals surface area contributed by atoms with Crippen LogP contribution < -0.4 is 26.6 Å². The summed E-state index contributed by atoms with van der Waals surface area (Å²) >= 11 is 2.77. The average Bonchev–Trinajstić information content (AvgIpc) is 3.81. The van der Waals surface area contributed by atoms with E-state index in [1.54, 1.807) is 11.3 Å². The highest BCUT2D eigenvalue weighted by molar-refractivity contribution is 7.20. The van der Waals surface area contributed by atoms with Crippen LogP contribution in [0.5, 0.6) is 0 Å². The number of hydrazine groups is 2. The fourth-order valence-electron chi connectivity index (χ4n) is 4.78. The van der Waals surface area contributed by atoms with E-state index < -0.39 is 11.7 Å². The Labute approximate surface area is 266 Å². The standard InChI is InChI=1S/C31H30F3N9S2/c1-19-18-24(37-40-27-13-14-28(44-27)43-15-3-4-16-43)10-11-25(19)38-36-23-9-12-26(20(2)17-23)39-41-30-35-29(42-45-30)21-5-7-22(8-6-21)31(32,33)34/h5-14,17-18,36-38,40H,3-4,15-16H2,1-2H3. The number of aryl methyl sites for hydroxylation is 2. The van der Waals surface area contributed by atoms with Crippen LogP contribution in [-0.2, 0) is 6.18 Å². The van der Waals surface area contributed by atoms with Crippen molar-refractivity contribution in [3.63, 3.8) is 0 Å². The summed E-state index contributed by atoms with van der Waals surface area (Å²) in [5.41, 5.74) is 18.2. The van der Waals surface area contributed by atoms with E-state index in [1.807, 2.05) is 44.2 Å². The molecule has 1 saturated heterocycles. The van der Waals surface area contributed by atoms with Gasteiger partial charge in [-0.15, -0.1) is 10.2 Å². The van der Waals surface area contributed by atoms with Gasteiger partial charge in [-0.05, 0) is 98.5 Å². The highest BCUT2D eigenvalue weighted by Crippen LogP contribution is 2.34. The Hall–Kier alpha value is -4.69. The molecule has 4 N–H and O–H groups in total. The van der Waals surface area contributed by atoms with Crippen LogP contribution in [0, 0.1) is 13.8 Å². The number of aromatic nitrogens is 2. The summed E-state index contributed by atoms with van der Waals surface area (Å²) < 4.78 is 42.7. The first-order valence-electron chi connectivity index (χ1n) is 14.2. The van der Waals surface area contributed by atoms with E-state index in [9.17, 15) is 13.2 Å². The minimum atomic E-state index is -4.39. The van der Waals surface area contributed by atoms with Crippen LogP contribution >= 0.6 is 22.9 Å². The molecule has 0 spiro atoms. The number of nitrogens with one attached hydrogen (secondary N) is 4. The van der Waals surface area contributed by atoms with Gasteiger partial charge in [-0.1, -0.05) is 23.5 Å². The van der Waals surface area contributed by atoms with E-state index in [4.69, 9.17) is 0 Å². The Morgan fingerprint density at radius 3 is 2.20 bits per heavy atom. The molecule has 3 aromatic carbocycles. The highest BCUT2D eigenvalue weighted by atomic mass is 32.1. The van der Waals surface area contributed by atoms with Gasteiger partial charge in [-0.2, -0.15) is 22.5 Å². The number of hydrogen-bond acceptors (Lipinski definition) is 11. The second-order valence-electron chi connectivity index (χ2n) is 10.5. The van der Waals surface area contributed by atoms with Gasteiger partial charge in [0.1, 0.15) is 5.00 Å². The molecule has 1 fully saturated rings. The number of thiophene rings is 1. The first-order chi connectivity index (χ1) is 21.7. The Morgan fingerprint density at radius 1 is 0.778 bits per heavy atom. The molecule has 14 heteroatoms. The predicted molar refractivity (Wildman–Crippen MR) is 177 cm³/mol. The number of nitrogens with zero attached hydrogens (tertiary/aromatic N) is 5. The first-order valence-corrected chi connectivity index (χ1v) is 15.8. The molecule has 3 heterocycles. The van der Waals surface area contributed by atoms with Gasteiger partial charge in [0.05, 0.1) is 33.3 Å². The van der Waals surface area contributed by atoms with Crippen molar-refractivity contribution < 1.29 is 13.2 Å². The number of benzene rings is 3. The average molecular weight is 650 g/mol. The van der Waals surface area contributed by atoms with Crippen LogP contribution in [0.25, 0.3) is 11.4 Å². The van der Waals surface area contributed by atoms with Crippen LogP contribution in [0.1, 0.15) is 29.5 Å². The molecule has 0 amide bonds. The predicted octanol–water partition coefficient (Wildman–Crippen LogP) is 9.80. The molecular weight excluding hydrogens is 620 g/mol. The zero-order valence-electron chi connectivity index (χ0n) is 24.4. The molecule has 1 aliphatic rings. The van der Waals surface area contributed by atoms with Crippen molar-refractivity contribution in [2.24, 2.45) is 10.2 Å². The van der Waals surface area contributed by atoms with Crippen molar-refractivity contribution in [1.29, 1.82) is 0 Å². The molecule has 0 saturated carbocycles. The van der Waals surface area contributed by atoms with E-state index in [0.717, 1.165) is 69.9 Å². The number of rotatable bonds is 10. The van der Waals surface area contributed by atoms with Gasteiger partial charge in [0.2, 0.25) is 5.13 Å². The lowest BCUT2D eigenvalue weighted by Gasteiger charge is -2.15. The summed E-state index contributed by atoms with van der Waals surface area (Å²) in [5.74, 6) is 0.300. The largest absolute Gasteiger partial charge is 0.416 e. The monoisotopic (exact) mass is 649 g/mol. The molecule has 0 radical (unpaired) electrons. The molecule has 0 unspecified atom stereocenters. The maximum atomic E-state index is 12.8. The van der Waals surface area contributed by atoms with Crippen molar-refractivity contribution >= 4 is 60.8 Å². The zero-order valence-corrected chi connectivity index (χ0v) is 26.1. The van der Waals surface area contributed by atoms with Crippen LogP contribution in [0.3, 0.4) is 0 Å². The zero-order chi connectivity index (χ0) is 31.4. The normalized spacial score (nSPS) is 13.4. The molecule has 0 atom stereocenters. The third-order valence-electron chi connectivity index (χ3n) is 7.23. The van der Waals surface area contributed by atoms with E-state index in [2.05, 4.69) is 64.4 Å². The minimum Gasteiger partial charge on any atom is -0.363 e. The van der Waals surface area contributed by atoms with Crippen molar-refractivity contribution in [3.8, 4) is 11.4 Å². The number of halogens is 3. The van der Waals surface area contributed by atoms with E-state index >= 15 is 0 Å². The van der Waals surface area contributed by atoms with Crippen LogP contribution in [0.4, 0.5) is 51.1 Å². The fourth-order valence-corrected chi connectivity index (χ4v) is 6.21. The Kier molecular flexibility index (Phi) is 8.85. The lowest BCUT2D eigenvalue weighted by molar-refractivity contribution is -0.137. The number of anilines is 5. The third-order valence-corrected chi connectivity index (χ3v) is 8.90. The van der Waals surface area contributed by atoms with Gasteiger partial charge in [0, 0.05) is 30.2 Å². The van der Waals surface area contributed by atoms with E-state index in [0.29, 0.717) is 22.2 Å². The molecule has 6 rings (SSSR count). The second-order valence-corrected chi connectivity index (χ2v) is 12.3. The molecular formula is C31H30F3N9S2. The maximum Gasteiger partial charge on any atom is 0.416 e. The molecule has 1 aliphatic heterocycles. The topological polar surface area (TPSA) is 102 Å². The number of azo groups is 1. The summed E-state index contributed by atoms with van der Waals surface area (Å²) in [6, 6.07) is 20.7. The molecule has 2 aromatic heterocycles. The Bertz CT molecular complexity index is 1790. The smallest absolute Gasteiger partial charge is 0.363 e. The van der Waals surface area contributed by atoms with Crippen molar-refractivity contribution in [1.82, 2.24) is 9.36 Å². The molecule has 9 nitrogen and oxygen atoms in total. The van der Waals surface area contributed by atoms with Gasteiger partial charge in [-0.3, -0.25) is 5.43 Å². The van der Waals surface area contributed by atoms with Crippen molar-refractivity contribution in [3.05, 3.63) is 89.5 Å². The van der Waals surface area contributed by atoms with Crippen molar-refractivity contribution in [2.45, 2.75) is 32.9 Å². The van der Waals surface area contributed by atoms with Gasteiger partial charge in [0.25, 0.3) is 0 Å². The summed E-state index contributed by atoms with van der Waals surface area (Å²) in [7, 11) is 0. The van der Waals surface area contributed by atoms with Gasteiger partial charge in [-0.25, -0.2) is 0 Å². The minimum absolute atomic E-state index is 0.300. The summed E-state index contributed by atoms with van der Waals surface area (Å²) in [4.78, 5) is 6.72. The Balaban J connectivity index is 1.01. The molecule has 0 bridgehead atoms. The molecule has 45 heavy (non-hydrogen) atoms. The first kappa shape index (κ1) is 30.3. The fraction of sp³-hybridized carbons (Fsp3) is 0.226. The summed E-state index contributed by atoms with van der Waals surface area (Å²) in [5, 5.41) is 11.2. The quantitative estimate of drug-likeness (QED) is 0.0882. The third kappa shape index (κ3) is 7.52. The molecule has 232 valence electrons. The Morgan fingerprint density at radius 2 is 1.49 bits per heavy atom. The summed E-state index contributed by atoms with van der Waals surface area (Å²) in [6.07, 6.45) is -1.87. The van der Waals surface area contributed by atoms with Gasteiger partial charge < -0.3 is 21.2 Å². The highest BCUT2D eigenvalue weighted by Gasteiger charge is 2.30. The van der Waals surface area contributed by atoms with E-state index in [1.165, 1.54) is 30.0 Å². The van der Waals surface area contributed by atoms with Gasteiger partial charge in [0.15, 0.2) is 5.82 Å². The van der Waals surface area contributed by atoms with E-state index in [-0.39, 0.29) is 0 Å². The lowest BCUT2D eigenvalue weighted by atomic mass is 10.1. The number of alkyl halides is 3. The van der Waals surface area contributed by atoms with Crippen molar-refractivity contribution in [2.75, 3.05) is 39.7 Å². The molecule has 5 aromatic rings. The van der Waals surface area contributed by atoms with Crippen LogP contribution in [0.2, 0.25) is 0 Å². The molecule has 0 aliphatic carbocycles. The van der Waals surface area contributed by atoms with Crippen LogP contribution in [-0.4, -0.2) is 22.4 Å². The lowest BCUT2D eigenvalue weighted by Crippen LogP contribution is -2.15. The van der Waals surface area contributed by atoms with Crippen LogP contribution in [0.15, 0.2) is 83.0 Å². The summed E-state index contributed by atoms with van der Waals surface area (Å²) in [6.45, 7) is 6.23. The maximum absolute atomic E-state index is 12.8. The van der Waals surface area contributed by atoms with Gasteiger partial charge >= 0.3 is 6.18 Å². The second kappa shape index (κ2) is 13.1. The SMILES string of the molecule is Cc1cc(NNc2ccc(NNc3ccc(N4CCCC4)s3)cc2C)ccc1N=Nc1nc(-c2ccc(C(F)(F)F)cc2)ns1. The number of hydrogen-bond donors (Lipinski definition) is 4.